The average molecular weight is 342 g/mol. The van der Waals surface area contributed by atoms with Crippen LogP contribution in [-0.4, -0.2) is 42.9 Å². The van der Waals surface area contributed by atoms with Crippen molar-refractivity contribution in [2.24, 2.45) is 5.41 Å². The minimum Gasteiger partial charge on any atom is -0.437 e. The van der Waals surface area contributed by atoms with E-state index < -0.39 is 5.41 Å². The highest BCUT2D eigenvalue weighted by Crippen LogP contribution is 2.31. The van der Waals surface area contributed by atoms with Crippen LogP contribution >= 0.6 is 0 Å². The number of amides is 1. The number of nitrogens with zero attached hydrogens (tertiary/aromatic N) is 2. The van der Waals surface area contributed by atoms with Gasteiger partial charge in [0.2, 0.25) is 11.8 Å². The number of benzene rings is 1. The maximum absolute atomic E-state index is 12.9. The van der Waals surface area contributed by atoms with Crippen molar-refractivity contribution in [2.75, 3.05) is 32.1 Å². The molecule has 2 heterocycles. The lowest BCUT2D eigenvalue weighted by Gasteiger charge is -2.35. The van der Waals surface area contributed by atoms with E-state index >= 15 is 0 Å². The van der Waals surface area contributed by atoms with Gasteiger partial charge in [0.1, 0.15) is 5.75 Å². The molecule has 132 valence electrons. The molecule has 1 amide bonds. The molecule has 1 aromatic carbocycles. The number of methoxy groups -OCH3 is 1. The molecule has 0 bridgehead atoms. The third kappa shape index (κ3) is 4.32. The van der Waals surface area contributed by atoms with Crippen molar-refractivity contribution < 1.29 is 14.3 Å². The maximum Gasteiger partial charge on any atom is 0.238 e. The van der Waals surface area contributed by atoms with Gasteiger partial charge in [-0.3, -0.25) is 4.79 Å². The van der Waals surface area contributed by atoms with E-state index in [9.17, 15) is 4.79 Å². The maximum atomic E-state index is 12.9. The molecular weight excluding hydrogens is 320 g/mol. The average Bonchev–Trinajstić information content (AvgIpc) is 2.64. The Morgan fingerprint density at radius 3 is 2.84 bits per heavy atom. The summed E-state index contributed by atoms with van der Waals surface area (Å²) in [6, 6.07) is 10.7. The van der Waals surface area contributed by atoms with Crippen LogP contribution in [0.2, 0.25) is 0 Å². The topological polar surface area (TPSA) is 85.4 Å². The van der Waals surface area contributed by atoms with Gasteiger partial charge in [0.05, 0.1) is 12.0 Å². The summed E-state index contributed by atoms with van der Waals surface area (Å²) in [6.45, 7) is 2.04. The molecule has 2 aromatic rings. The second-order valence-corrected chi connectivity index (χ2v) is 6.11. The molecule has 1 aromatic heterocycles. The fourth-order valence-corrected chi connectivity index (χ4v) is 2.98. The molecule has 25 heavy (non-hydrogen) atoms. The van der Waals surface area contributed by atoms with Crippen LogP contribution in [0.4, 0.5) is 5.69 Å². The number of hydrogen-bond donors (Lipinski definition) is 2. The van der Waals surface area contributed by atoms with Gasteiger partial charge in [0.25, 0.3) is 0 Å². The number of anilines is 1. The van der Waals surface area contributed by atoms with Crippen molar-refractivity contribution in [3.63, 3.8) is 0 Å². The second-order valence-electron chi connectivity index (χ2n) is 6.11. The van der Waals surface area contributed by atoms with E-state index in [0.717, 1.165) is 25.9 Å². The summed E-state index contributed by atoms with van der Waals surface area (Å²) in [5.74, 6) is 0.970. The van der Waals surface area contributed by atoms with Crippen LogP contribution in [0.3, 0.4) is 0 Å². The van der Waals surface area contributed by atoms with E-state index in [1.54, 1.807) is 37.6 Å². The van der Waals surface area contributed by atoms with Crippen LogP contribution in [0.25, 0.3) is 0 Å². The molecular formula is C18H22N4O3. The summed E-state index contributed by atoms with van der Waals surface area (Å²) >= 11 is 0. The zero-order valence-corrected chi connectivity index (χ0v) is 14.2. The van der Waals surface area contributed by atoms with Crippen LogP contribution in [-0.2, 0) is 9.53 Å². The van der Waals surface area contributed by atoms with Crippen molar-refractivity contribution >= 4 is 11.6 Å². The number of rotatable bonds is 6. The Labute approximate surface area is 146 Å². The zero-order valence-electron chi connectivity index (χ0n) is 14.2. The Hall–Kier alpha value is -2.51. The highest BCUT2D eigenvalue weighted by molar-refractivity contribution is 5.95. The molecule has 1 saturated heterocycles. The van der Waals surface area contributed by atoms with Gasteiger partial charge >= 0.3 is 0 Å². The number of nitrogens with one attached hydrogen (secondary N) is 2. The fraction of sp³-hybridized carbons (Fsp3) is 0.389. The molecule has 1 aliphatic rings. The lowest BCUT2D eigenvalue weighted by molar-refractivity contribution is -0.130. The minimum atomic E-state index is -0.498. The van der Waals surface area contributed by atoms with E-state index in [1.807, 2.05) is 12.1 Å². The van der Waals surface area contributed by atoms with Crippen molar-refractivity contribution in [3.8, 4) is 11.6 Å². The predicted molar refractivity (Wildman–Crippen MR) is 93.6 cm³/mol. The van der Waals surface area contributed by atoms with Crippen LogP contribution < -0.4 is 15.4 Å². The quantitative estimate of drug-likeness (QED) is 0.837. The third-order valence-electron chi connectivity index (χ3n) is 4.33. The molecule has 0 aliphatic carbocycles. The third-order valence-corrected chi connectivity index (χ3v) is 4.33. The number of carbonyl (C=O) groups excluding carboxylic acids is 1. The summed E-state index contributed by atoms with van der Waals surface area (Å²) in [5, 5.41) is 14.0. The van der Waals surface area contributed by atoms with E-state index in [0.29, 0.717) is 23.9 Å². The van der Waals surface area contributed by atoms with Crippen LogP contribution in [0, 0.1) is 5.41 Å². The van der Waals surface area contributed by atoms with Crippen molar-refractivity contribution in [2.45, 2.75) is 12.8 Å². The molecule has 7 nitrogen and oxygen atoms in total. The van der Waals surface area contributed by atoms with Crippen LogP contribution in [0.5, 0.6) is 11.6 Å². The summed E-state index contributed by atoms with van der Waals surface area (Å²) in [5.41, 5.74) is 0.183. The van der Waals surface area contributed by atoms with Crippen LogP contribution in [0.15, 0.2) is 42.6 Å². The van der Waals surface area contributed by atoms with Gasteiger partial charge in [0, 0.05) is 31.1 Å². The molecule has 1 aliphatic heterocycles. The van der Waals surface area contributed by atoms with Gasteiger partial charge < -0.3 is 20.1 Å². The van der Waals surface area contributed by atoms with Gasteiger partial charge in [-0.15, -0.1) is 5.10 Å². The van der Waals surface area contributed by atoms with E-state index in [-0.39, 0.29) is 5.91 Å². The van der Waals surface area contributed by atoms with Gasteiger partial charge in [0.15, 0.2) is 0 Å². The largest absolute Gasteiger partial charge is 0.437 e. The van der Waals surface area contributed by atoms with Crippen molar-refractivity contribution in [1.82, 2.24) is 15.5 Å². The Morgan fingerprint density at radius 2 is 2.12 bits per heavy atom. The number of aromatic nitrogens is 2. The zero-order chi connectivity index (χ0) is 17.5. The molecule has 0 saturated carbocycles. The van der Waals surface area contributed by atoms with Gasteiger partial charge in [-0.05, 0) is 44.1 Å². The fourth-order valence-electron chi connectivity index (χ4n) is 2.98. The Kier molecular flexibility index (Phi) is 5.57. The molecule has 0 radical (unpaired) electrons. The number of ether oxygens (including phenoxy) is 2. The molecule has 0 atom stereocenters. The number of hydrogen-bond acceptors (Lipinski definition) is 6. The molecule has 3 rings (SSSR count). The molecule has 0 spiro atoms. The highest BCUT2D eigenvalue weighted by atomic mass is 16.5. The first kappa shape index (κ1) is 17.3. The first-order chi connectivity index (χ1) is 12.2. The lowest BCUT2D eigenvalue weighted by atomic mass is 9.78. The minimum absolute atomic E-state index is 0.0208. The molecule has 0 unspecified atom stereocenters. The second kappa shape index (κ2) is 8.04. The van der Waals surface area contributed by atoms with E-state index in [4.69, 9.17) is 9.47 Å². The Morgan fingerprint density at radius 1 is 1.28 bits per heavy atom. The lowest BCUT2D eigenvalue weighted by Crippen LogP contribution is -2.47. The number of carbonyl (C=O) groups is 1. The molecule has 1 fully saturated rings. The molecule has 7 heteroatoms. The van der Waals surface area contributed by atoms with Gasteiger partial charge in [-0.25, -0.2) is 0 Å². The number of piperidine rings is 1. The monoisotopic (exact) mass is 342 g/mol. The summed E-state index contributed by atoms with van der Waals surface area (Å²) in [4.78, 5) is 12.9. The first-order valence-electron chi connectivity index (χ1n) is 8.29. The van der Waals surface area contributed by atoms with Crippen molar-refractivity contribution in [1.29, 1.82) is 0 Å². The summed E-state index contributed by atoms with van der Waals surface area (Å²) in [6.07, 6.45) is 3.09. The van der Waals surface area contributed by atoms with Gasteiger partial charge in [-0.2, -0.15) is 5.10 Å². The highest BCUT2D eigenvalue weighted by Gasteiger charge is 2.39. The van der Waals surface area contributed by atoms with Gasteiger partial charge in [-0.1, -0.05) is 6.07 Å². The Bertz CT molecular complexity index is 697. The predicted octanol–water partition coefficient (Wildman–Crippen LogP) is 2.22. The standard InChI is InChI=1S/C18H22N4O3/c1-24-13-18(7-10-19-11-8-18)17(23)21-14-4-2-5-15(12-14)25-16-6-3-9-20-22-16/h2-6,9,12,19H,7-8,10-11,13H2,1H3,(H,21,23). The normalized spacial score (nSPS) is 16.2. The summed E-state index contributed by atoms with van der Waals surface area (Å²) < 4.78 is 11.0. The first-order valence-corrected chi connectivity index (χ1v) is 8.29. The Balaban J connectivity index is 1.71. The smallest absolute Gasteiger partial charge is 0.238 e. The van der Waals surface area contributed by atoms with Crippen LogP contribution in [0.1, 0.15) is 12.8 Å². The summed E-state index contributed by atoms with van der Waals surface area (Å²) in [7, 11) is 1.63. The van der Waals surface area contributed by atoms with Crippen molar-refractivity contribution in [3.05, 3.63) is 42.6 Å². The molecule has 2 N–H and O–H groups in total. The van der Waals surface area contributed by atoms with E-state index in [2.05, 4.69) is 20.8 Å². The SMILES string of the molecule is COCC1(C(=O)Nc2cccc(Oc3cccnn3)c2)CCNCC1. The van der Waals surface area contributed by atoms with E-state index in [1.165, 1.54) is 0 Å².